The summed E-state index contributed by atoms with van der Waals surface area (Å²) in [6.07, 6.45) is 6.91. The molecule has 3 rings (SSSR count). The van der Waals surface area contributed by atoms with Gasteiger partial charge in [0.15, 0.2) is 6.10 Å². The van der Waals surface area contributed by atoms with Crippen LogP contribution in [0.15, 0.2) is 24.3 Å². The van der Waals surface area contributed by atoms with E-state index in [0.29, 0.717) is 6.42 Å². The number of hydrogen-bond acceptors (Lipinski definition) is 4. The summed E-state index contributed by atoms with van der Waals surface area (Å²) in [4.78, 5) is 14.5. The minimum atomic E-state index is -0.811. The number of fused-ring (bicyclic) bond motifs is 1. The summed E-state index contributed by atoms with van der Waals surface area (Å²) in [6, 6.07) is 8.59. The number of benzene rings is 1. The van der Waals surface area contributed by atoms with Gasteiger partial charge in [0.05, 0.1) is 18.8 Å². The number of terminal acetylenes is 1. The Bertz CT molecular complexity index is 640. The minimum absolute atomic E-state index is 0.00200. The lowest BCUT2D eigenvalue weighted by Crippen LogP contribution is -2.49. The van der Waals surface area contributed by atoms with E-state index in [-0.39, 0.29) is 18.6 Å². The normalized spacial score (nSPS) is 26.5. The van der Waals surface area contributed by atoms with Crippen LogP contribution in [-0.4, -0.2) is 53.9 Å². The molecule has 0 spiro atoms. The fourth-order valence-corrected chi connectivity index (χ4v) is 3.63. The maximum absolute atomic E-state index is 12.1. The Balaban J connectivity index is 1.49. The maximum Gasteiger partial charge on any atom is 0.252 e. The molecule has 1 fully saturated rings. The highest BCUT2D eigenvalue weighted by Crippen LogP contribution is 2.24. The molecule has 5 nitrogen and oxygen atoms in total. The summed E-state index contributed by atoms with van der Waals surface area (Å²) in [5.74, 6) is 2.05. The molecule has 0 radical (unpaired) electrons. The summed E-state index contributed by atoms with van der Waals surface area (Å²) >= 11 is 0. The monoisotopic (exact) mass is 342 g/mol. The topological polar surface area (TPSA) is 61.8 Å². The van der Waals surface area contributed by atoms with Crippen molar-refractivity contribution in [3.05, 3.63) is 35.4 Å². The Morgan fingerprint density at radius 3 is 2.96 bits per heavy atom. The lowest BCUT2D eigenvalue weighted by atomic mass is 9.97. The Kier molecular flexibility index (Phi) is 6.09. The summed E-state index contributed by atoms with van der Waals surface area (Å²) in [5.41, 5.74) is 2.85. The number of aliphatic hydroxyl groups excluding tert-OH is 1. The Labute approximate surface area is 149 Å². The van der Waals surface area contributed by atoms with E-state index < -0.39 is 12.2 Å². The van der Waals surface area contributed by atoms with E-state index in [1.165, 1.54) is 11.1 Å². The van der Waals surface area contributed by atoms with Crippen LogP contribution < -0.4 is 5.32 Å². The van der Waals surface area contributed by atoms with Gasteiger partial charge in [-0.1, -0.05) is 30.2 Å². The molecule has 25 heavy (non-hydrogen) atoms. The molecule has 5 heteroatoms. The smallest absolute Gasteiger partial charge is 0.252 e. The van der Waals surface area contributed by atoms with E-state index >= 15 is 0 Å². The number of aliphatic hydroxyl groups is 1. The molecular weight excluding hydrogens is 316 g/mol. The first-order valence-corrected chi connectivity index (χ1v) is 9.01. The zero-order chi connectivity index (χ0) is 17.6. The van der Waals surface area contributed by atoms with Crippen molar-refractivity contribution in [3.8, 4) is 12.3 Å². The minimum Gasteiger partial charge on any atom is -0.390 e. The highest BCUT2D eigenvalue weighted by atomic mass is 16.5. The molecule has 2 heterocycles. The van der Waals surface area contributed by atoms with Crippen molar-refractivity contribution in [2.45, 2.75) is 50.5 Å². The van der Waals surface area contributed by atoms with E-state index in [4.69, 9.17) is 11.2 Å². The quantitative estimate of drug-likeness (QED) is 0.787. The summed E-state index contributed by atoms with van der Waals surface area (Å²) < 4.78 is 5.86. The zero-order valence-corrected chi connectivity index (χ0v) is 14.5. The average molecular weight is 342 g/mol. The molecule has 1 aromatic rings. The van der Waals surface area contributed by atoms with Crippen LogP contribution in [0.5, 0.6) is 0 Å². The van der Waals surface area contributed by atoms with Crippen molar-refractivity contribution < 1.29 is 14.6 Å². The zero-order valence-electron chi connectivity index (χ0n) is 14.5. The molecule has 0 aliphatic carbocycles. The van der Waals surface area contributed by atoms with Crippen LogP contribution in [0.25, 0.3) is 0 Å². The lowest BCUT2D eigenvalue weighted by Gasteiger charge is -2.35. The molecule has 1 saturated heterocycles. The number of amides is 1. The highest BCUT2D eigenvalue weighted by molar-refractivity contribution is 5.81. The van der Waals surface area contributed by atoms with Gasteiger partial charge in [-0.25, -0.2) is 0 Å². The van der Waals surface area contributed by atoms with Gasteiger partial charge in [0, 0.05) is 19.6 Å². The number of rotatable bonds is 5. The van der Waals surface area contributed by atoms with Gasteiger partial charge in [-0.2, -0.15) is 0 Å². The first-order valence-electron chi connectivity index (χ1n) is 9.01. The largest absolute Gasteiger partial charge is 0.390 e. The van der Waals surface area contributed by atoms with Crippen LogP contribution in [0.1, 0.15) is 30.4 Å². The van der Waals surface area contributed by atoms with Gasteiger partial charge >= 0.3 is 0 Å². The van der Waals surface area contributed by atoms with Crippen LogP contribution >= 0.6 is 0 Å². The molecule has 2 N–H and O–H groups in total. The lowest BCUT2D eigenvalue weighted by molar-refractivity contribution is -0.158. The standard InChI is InChI=1S/C20H26N2O3/c1-2-11-21-20(24)19-18(23)8-7-17(25-19)10-13-22-12-9-15-5-3-4-6-16(15)14-22/h1,3-6,17-19,23H,7-14H2,(H,21,24). The third-order valence-corrected chi connectivity index (χ3v) is 5.07. The Morgan fingerprint density at radius 2 is 2.16 bits per heavy atom. The van der Waals surface area contributed by atoms with E-state index in [9.17, 15) is 9.90 Å². The van der Waals surface area contributed by atoms with Crippen LogP contribution in [0.4, 0.5) is 0 Å². The average Bonchev–Trinajstić information content (AvgIpc) is 2.65. The number of nitrogens with one attached hydrogen (secondary N) is 1. The number of hydrogen-bond donors (Lipinski definition) is 2. The van der Waals surface area contributed by atoms with E-state index in [2.05, 4.69) is 40.4 Å². The van der Waals surface area contributed by atoms with Gasteiger partial charge in [-0.05, 0) is 36.8 Å². The van der Waals surface area contributed by atoms with Gasteiger partial charge in [-0.15, -0.1) is 6.42 Å². The summed E-state index contributed by atoms with van der Waals surface area (Å²) in [7, 11) is 0. The van der Waals surface area contributed by atoms with Gasteiger partial charge in [0.25, 0.3) is 5.91 Å². The highest BCUT2D eigenvalue weighted by Gasteiger charge is 2.35. The first-order chi connectivity index (χ1) is 12.2. The molecule has 2 aliphatic rings. The number of nitrogens with zero attached hydrogens (tertiary/aromatic N) is 1. The van der Waals surface area contributed by atoms with E-state index in [1.807, 2.05) is 0 Å². The second-order valence-corrected chi connectivity index (χ2v) is 6.83. The van der Waals surface area contributed by atoms with Crippen molar-refractivity contribution in [1.29, 1.82) is 0 Å². The van der Waals surface area contributed by atoms with Crippen molar-refractivity contribution in [1.82, 2.24) is 10.2 Å². The maximum atomic E-state index is 12.1. The van der Waals surface area contributed by atoms with Crippen LogP contribution in [0.2, 0.25) is 0 Å². The van der Waals surface area contributed by atoms with Crippen molar-refractivity contribution in [2.24, 2.45) is 0 Å². The molecule has 0 saturated carbocycles. The second-order valence-electron chi connectivity index (χ2n) is 6.83. The number of ether oxygens (including phenoxy) is 1. The fourth-order valence-electron chi connectivity index (χ4n) is 3.63. The van der Waals surface area contributed by atoms with Crippen molar-refractivity contribution in [3.63, 3.8) is 0 Å². The third kappa shape index (κ3) is 4.60. The molecule has 1 amide bonds. The van der Waals surface area contributed by atoms with Gasteiger partial charge in [0.1, 0.15) is 0 Å². The number of carbonyl (C=O) groups is 1. The van der Waals surface area contributed by atoms with Gasteiger partial charge < -0.3 is 15.2 Å². The van der Waals surface area contributed by atoms with E-state index in [0.717, 1.165) is 38.9 Å². The summed E-state index contributed by atoms with van der Waals surface area (Å²) in [5, 5.41) is 12.6. The molecular formula is C20H26N2O3. The van der Waals surface area contributed by atoms with E-state index in [1.54, 1.807) is 0 Å². The van der Waals surface area contributed by atoms with Crippen molar-refractivity contribution >= 4 is 5.91 Å². The van der Waals surface area contributed by atoms with Gasteiger partial charge in [-0.3, -0.25) is 9.69 Å². The van der Waals surface area contributed by atoms with Crippen LogP contribution in [-0.2, 0) is 22.5 Å². The Hall–Kier alpha value is -1.87. The predicted molar refractivity (Wildman–Crippen MR) is 95.8 cm³/mol. The Morgan fingerprint density at radius 1 is 1.36 bits per heavy atom. The first kappa shape index (κ1) is 17.9. The van der Waals surface area contributed by atoms with Gasteiger partial charge in [0.2, 0.25) is 0 Å². The molecule has 1 aromatic carbocycles. The molecule has 2 aliphatic heterocycles. The molecule has 134 valence electrons. The number of carbonyl (C=O) groups excluding carboxylic acids is 1. The van der Waals surface area contributed by atoms with Crippen molar-refractivity contribution in [2.75, 3.05) is 19.6 Å². The molecule has 0 bridgehead atoms. The molecule has 3 atom stereocenters. The summed E-state index contributed by atoms with van der Waals surface area (Å²) in [6.45, 7) is 3.12. The second kappa shape index (κ2) is 8.48. The SMILES string of the molecule is C#CCNC(=O)C1OC(CCN2CCc3ccccc3C2)CCC1O. The molecule has 3 unspecified atom stereocenters. The third-order valence-electron chi connectivity index (χ3n) is 5.07. The van der Waals surface area contributed by atoms with Crippen LogP contribution in [0.3, 0.4) is 0 Å². The molecule has 0 aromatic heterocycles. The predicted octanol–water partition coefficient (Wildman–Crippen LogP) is 1.09. The van der Waals surface area contributed by atoms with Crippen LogP contribution in [0, 0.1) is 12.3 Å². The fraction of sp³-hybridized carbons (Fsp3) is 0.550.